The second kappa shape index (κ2) is 8.04. The van der Waals surface area contributed by atoms with Gasteiger partial charge < -0.3 is 14.4 Å². The number of aryl methyl sites for hydroxylation is 2. The van der Waals surface area contributed by atoms with Crippen molar-refractivity contribution in [2.24, 2.45) is 0 Å². The minimum atomic E-state index is -1.60. The van der Waals surface area contributed by atoms with Gasteiger partial charge in [0.2, 0.25) is 12.0 Å². The first-order valence-corrected chi connectivity index (χ1v) is 11.4. The number of aromatic nitrogens is 1. The molecule has 0 saturated carbocycles. The van der Waals surface area contributed by atoms with Crippen LogP contribution >= 0.6 is 0 Å². The Balaban J connectivity index is 1.78. The SMILES string of the molecule is CC[C@@]1(OC=O)C(=O)OCC(C)=C1/C=C1/c2nc3cc(F)c(C)c4c3c(c2CN1C=O)CCC4. The summed E-state index contributed by atoms with van der Waals surface area (Å²) >= 11 is 0. The van der Waals surface area contributed by atoms with Gasteiger partial charge in [0.25, 0.3) is 6.47 Å². The van der Waals surface area contributed by atoms with Gasteiger partial charge in [0.05, 0.1) is 23.5 Å². The van der Waals surface area contributed by atoms with E-state index in [2.05, 4.69) is 0 Å². The van der Waals surface area contributed by atoms with Gasteiger partial charge in [-0.25, -0.2) is 14.2 Å². The Morgan fingerprint density at radius 3 is 2.71 bits per heavy atom. The van der Waals surface area contributed by atoms with Crippen LogP contribution in [0.25, 0.3) is 16.6 Å². The number of halogens is 1. The lowest BCUT2D eigenvalue weighted by molar-refractivity contribution is -0.172. The molecule has 3 aliphatic rings. The number of carbonyl (C=O) groups excluding carboxylic acids is 3. The number of rotatable bonds is 5. The Bertz CT molecular complexity index is 1330. The van der Waals surface area contributed by atoms with Gasteiger partial charge in [-0.1, -0.05) is 6.92 Å². The van der Waals surface area contributed by atoms with Gasteiger partial charge >= 0.3 is 5.97 Å². The van der Waals surface area contributed by atoms with Crippen molar-refractivity contribution < 1.29 is 28.2 Å². The van der Waals surface area contributed by atoms with Crippen molar-refractivity contribution in [3.05, 3.63) is 57.1 Å². The number of ether oxygens (including phenoxy) is 2. The molecule has 8 heteroatoms. The van der Waals surface area contributed by atoms with E-state index in [0.29, 0.717) is 40.2 Å². The van der Waals surface area contributed by atoms with Gasteiger partial charge in [-0.15, -0.1) is 0 Å². The molecular weight excluding hydrogens is 439 g/mol. The summed E-state index contributed by atoms with van der Waals surface area (Å²) in [4.78, 5) is 42.5. The minimum absolute atomic E-state index is 0.0557. The summed E-state index contributed by atoms with van der Waals surface area (Å²) in [5.41, 5.74) is 4.89. The van der Waals surface area contributed by atoms with Crippen LogP contribution in [0.15, 0.2) is 23.3 Å². The van der Waals surface area contributed by atoms with Crippen LogP contribution in [-0.2, 0) is 43.2 Å². The highest BCUT2D eigenvalue weighted by molar-refractivity contribution is 5.94. The van der Waals surface area contributed by atoms with Gasteiger partial charge in [0, 0.05) is 22.6 Å². The van der Waals surface area contributed by atoms with E-state index < -0.39 is 11.6 Å². The average molecular weight is 464 g/mol. The first-order valence-electron chi connectivity index (χ1n) is 11.4. The van der Waals surface area contributed by atoms with Crippen LogP contribution in [0.2, 0.25) is 0 Å². The summed E-state index contributed by atoms with van der Waals surface area (Å²) in [6.07, 6.45) is 5.10. The maximum absolute atomic E-state index is 14.7. The van der Waals surface area contributed by atoms with E-state index in [-0.39, 0.29) is 25.3 Å². The lowest BCUT2D eigenvalue weighted by Gasteiger charge is -2.35. The van der Waals surface area contributed by atoms with Gasteiger partial charge in [0.15, 0.2) is 0 Å². The summed E-state index contributed by atoms with van der Waals surface area (Å²) in [7, 11) is 0. The van der Waals surface area contributed by atoms with Crippen LogP contribution in [-0.4, -0.2) is 40.9 Å². The normalized spacial score (nSPS) is 22.8. The van der Waals surface area contributed by atoms with Crippen LogP contribution in [0, 0.1) is 12.7 Å². The number of hydrogen-bond donors (Lipinski definition) is 0. The molecule has 2 aromatic rings. The van der Waals surface area contributed by atoms with Crippen LogP contribution in [0.4, 0.5) is 4.39 Å². The Morgan fingerprint density at radius 2 is 2.00 bits per heavy atom. The number of amides is 1. The Kier molecular flexibility index (Phi) is 5.26. The first-order chi connectivity index (χ1) is 16.4. The number of carbonyl (C=O) groups is 3. The van der Waals surface area contributed by atoms with Crippen molar-refractivity contribution >= 4 is 35.5 Å². The number of nitrogens with zero attached hydrogens (tertiary/aromatic N) is 2. The quantitative estimate of drug-likeness (QED) is 0.496. The highest BCUT2D eigenvalue weighted by Gasteiger charge is 2.48. The Labute approximate surface area is 196 Å². The molecule has 1 aromatic carbocycles. The van der Waals surface area contributed by atoms with Crippen LogP contribution in [0.3, 0.4) is 0 Å². The molecule has 1 atom stereocenters. The number of benzene rings is 1. The van der Waals surface area contributed by atoms with E-state index in [4.69, 9.17) is 14.5 Å². The maximum atomic E-state index is 14.7. The van der Waals surface area contributed by atoms with Crippen molar-refractivity contribution in [3.8, 4) is 0 Å². The highest BCUT2D eigenvalue weighted by Crippen LogP contribution is 2.43. The topological polar surface area (TPSA) is 85.8 Å². The molecule has 1 aliphatic carbocycles. The number of pyridine rings is 1. The van der Waals surface area contributed by atoms with E-state index in [1.54, 1.807) is 26.8 Å². The Hall–Kier alpha value is -3.55. The predicted molar refractivity (Wildman–Crippen MR) is 122 cm³/mol. The van der Waals surface area contributed by atoms with Crippen LogP contribution in [0.5, 0.6) is 0 Å². The standard InChI is InChI=1S/C26H25FN2O5/c1-4-26(34-13-31)19(14(2)11-33-25(26)32)8-22-24-18(10-29(22)12-30)17-7-5-6-16-15(3)20(27)9-21(28-24)23(16)17/h8-9,12-13H,4-7,10-11H2,1-3H3/b22-8-/t26-/m0/s1. The van der Waals surface area contributed by atoms with E-state index in [9.17, 15) is 18.8 Å². The Morgan fingerprint density at radius 1 is 1.24 bits per heavy atom. The summed E-state index contributed by atoms with van der Waals surface area (Å²) in [6, 6.07) is 1.46. The third kappa shape index (κ3) is 3.01. The third-order valence-electron chi connectivity index (χ3n) is 7.35. The van der Waals surface area contributed by atoms with Gasteiger partial charge in [0.1, 0.15) is 12.4 Å². The lowest BCUT2D eigenvalue weighted by atomic mass is 9.83. The highest BCUT2D eigenvalue weighted by atomic mass is 19.1. The second-order valence-corrected chi connectivity index (χ2v) is 9.05. The molecule has 176 valence electrons. The largest absolute Gasteiger partial charge is 0.458 e. The van der Waals surface area contributed by atoms with Crippen LogP contribution in [0.1, 0.15) is 54.6 Å². The van der Waals surface area contributed by atoms with E-state index >= 15 is 0 Å². The predicted octanol–water partition coefficient (Wildman–Crippen LogP) is 3.68. The fraction of sp³-hybridized carbons (Fsp3) is 0.385. The molecule has 1 aromatic heterocycles. The molecule has 2 aliphatic heterocycles. The molecule has 1 amide bonds. The second-order valence-electron chi connectivity index (χ2n) is 9.05. The number of hydrogen-bond acceptors (Lipinski definition) is 6. The molecule has 0 bridgehead atoms. The van der Waals surface area contributed by atoms with Crippen molar-refractivity contribution in [2.45, 2.75) is 58.6 Å². The summed E-state index contributed by atoms with van der Waals surface area (Å²) < 4.78 is 25.3. The van der Waals surface area contributed by atoms with Gasteiger partial charge in [-0.2, -0.15) is 0 Å². The first kappa shape index (κ1) is 22.3. The fourth-order valence-electron chi connectivity index (χ4n) is 5.55. The zero-order chi connectivity index (χ0) is 24.2. The van der Waals surface area contributed by atoms with E-state index in [1.165, 1.54) is 11.0 Å². The number of esters is 1. The van der Waals surface area contributed by atoms with Gasteiger partial charge in [-0.3, -0.25) is 9.59 Å². The molecule has 5 rings (SSSR count). The van der Waals surface area contributed by atoms with E-state index in [0.717, 1.165) is 47.7 Å². The van der Waals surface area contributed by atoms with E-state index in [1.807, 2.05) is 0 Å². The van der Waals surface area contributed by atoms with Crippen molar-refractivity contribution in [2.75, 3.05) is 6.61 Å². The smallest absolute Gasteiger partial charge is 0.355 e. The zero-order valence-corrected chi connectivity index (χ0v) is 19.4. The summed E-state index contributed by atoms with van der Waals surface area (Å²) in [5, 5.41) is 0.986. The number of fused-ring (bicyclic) bond motifs is 2. The molecule has 0 N–H and O–H groups in total. The third-order valence-corrected chi connectivity index (χ3v) is 7.35. The number of cyclic esters (lactones) is 1. The molecule has 0 spiro atoms. The average Bonchev–Trinajstić information content (AvgIpc) is 3.19. The maximum Gasteiger partial charge on any atom is 0.355 e. The molecule has 0 fully saturated rings. The molecular formula is C26H25FN2O5. The summed E-state index contributed by atoms with van der Waals surface area (Å²) in [6.45, 7) is 5.95. The van der Waals surface area contributed by atoms with Crippen molar-refractivity contribution in [3.63, 3.8) is 0 Å². The fourth-order valence-corrected chi connectivity index (χ4v) is 5.55. The molecule has 34 heavy (non-hydrogen) atoms. The van der Waals surface area contributed by atoms with Crippen molar-refractivity contribution in [1.29, 1.82) is 0 Å². The molecule has 0 unspecified atom stereocenters. The summed E-state index contributed by atoms with van der Waals surface area (Å²) in [5.74, 6) is -0.948. The lowest BCUT2D eigenvalue weighted by Crippen LogP contribution is -2.47. The molecule has 0 saturated heterocycles. The molecule has 0 radical (unpaired) electrons. The molecule has 3 heterocycles. The molecule has 7 nitrogen and oxygen atoms in total. The minimum Gasteiger partial charge on any atom is -0.458 e. The zero-order valence-electron chi connectivity index (χ0n) is 19.4. The monoisotopic (exact) mass is 464 g/mol. The van der Waals surface area contributed by atoms with Crippen molar-refractivity contribution in [1.82, 2.24) is 9.88 Å². The van der Waals surface area contributed by atoms with Gasteiger partial charge in [-0.05, 0) is 67.9 Å². The van der Waals surface area contributed by atoms with Crippen LogP contribution < -0.4 is 0 Å².